The molecule has 2 aromatic rings. The molecule has 0 saturated carbocycles. The lowest BCUT2D eigenvalue weighted by Crippen LogP contribution is -2.46. The fourth-order valence-electron chi connectivity index (χ4n) is 2.90. The summed E-state index contributed by atoms with van der Waals surface area (Å²) in [5.74, 6) is -0.606. The number of hydrogen-bond acceptors (Lipinski definition) is 5. The molecule has 136 valence electrons. The zero-order valence-corrected chi connectivity index (χ0v) is 15.3. The Hall–Kier alpha value is -2.67. The number of rotatable bonds is 4. The maximum atomic E-state index is 12.6. The number of thiophene rings is 1. The van der Waals surface area contributed by atoms with Gasteiger partial charge >= 0.3 is 5.97 Å². The summed E-state index contributed by atoms with van der Waals surface area (Å²) in [7, 11) is 1.32. The number of amides is 2. The Labute approximate surface area is 155 Å². The van der Waals surface area contributed by atoms with Gasteiger partial charge in [-0.25, -0.2) is 4.79 Å². The number of benzene rings is 1. The molecule has 1 saturated heterocycles. The standard InChI is InChI=1S/C19H20N2O4S/c1-25-19(24)16-8-7-15(26-16)18(23)21-11-9-14(10-12-21)20-17(22)13-5-3-2-4-6-13/h2-8,14H,9-12H2,1H3,(H,20,22). The Morgan fingerprint density at radius 1 is 1.04 bits per heavy atom. The minimum absolute atomic E-state index is 0.0562. The van der Waals surface area contributed by atoms with E-state index in [1.165, 1.54) is 7.11 Å². The first-order valence-electron chi connectivity index (χ1n) is 8.42. The highest BCUT2D eigenvalue weighted by atomic mass is 32.1. The minimum Gasteiger partial charge on any atom is -0.465 e. The molecule has 0 bridgehead atoms. The molecule has 1 aliphatic heterocycles. The summed E-state index contributed by atoms with van der Waals surface area (Å²) in [5.41, 5.74) is 0.639. The zero-order valence-electron chi connectivity index (χ0n) is 14.4. The van der Waals surface area contributed by atoms with Gasteiger partial charge in [-0.05, 0) is 37.1 Å². The van der Waals surface area contributed by atoms with Crippen molar-refractivity contribution in [1.82, 2.24) is 10.2 Å². The first-order chi connectivity index (χ1) is 12.6. The normalized spacial score (nSPS) is 14.7. The van der Waals surface area contributed by atoms with Gasteiger partial charge in [0.15, 0.2) is 0 Å². The average Bonchev–Trinajstić information content (AvgIpc) is 3.18. The van der Waals surface area contributed by atoms with Crippen LogP contribution in [0, 0.1) is 0 Å². The highest BCUT2D eigenvalue weighted by Gasteiger charge is 2.26. The molecule has 0 spiro atoms. The lowest BCUT2D eigenvalue weighted by molar-refractivity contribution is 0.0605. The van der Waals surface area contributed by atoms with Crippen molar-refractivity contribution < 1.29 is 19.1 Å². The molecule has 1 aromatic heterocycles. The maximum Gasteiger partial charge on any atom is 0.348 e. The predicted molar refractivity (Wildman–Crippen MR) is 98.5 cm³/mol. The lowest BCUT2D eigenvalue weighted by Gasteiger charge is -2.32. The number of esters is 1. The van der Waals surface area contributed by atoms with Crippen molar-refractivity contribution >= 4 is 29.1 Å². The Bertz CT molecular complexity index is 795. The van der Waals surface area contributed by atoms with Crippen LogP contribution in [0.5, 0.6) is 0 Å². The molecule has 0 unspecified atom stereocenters. The van der Waals surface area contributed by atoms with Crippen molar-refractivity contribution in [2.75, 3.05) is 20.2 Å². The van der Waals surface area contributed by atoms with E-state index in [1.54, 1.807) is 29.2 Å². The number of hydrogen-bond donors (Lipinski definition) is 1. The number of methoxy groups -OCH3 is 1. The molecule has 3 rings (SSSR count). The van der Waals surface area contributed by atoms with E-state index in [2.05, 4.69) is 10.1 Å². The molecule has 1 N–H and O–H groups in total. The molecule has 6 nitrogen and oxygen atoms in total. The number of nitrogens with zero attached hydrogens (tertiary/aromatic N) is 1. The van der Waals surface area contributed by atoms with Gasteiger partial charge < -0.3 is 15.0 Å². The monoisotopic (exact) mass is 372 g/mol. The molecule has 0 radical (unpaired) electrons. The van der Waals surface area contributed by atoms with Crippen LogP contribution in [0.2, 0.25) is 0 Å². The Morgan fingerprint density at radius 2 is 1.69 bits per heavy atom. The van der Waals surface area contributed by atoms with Gasteiger partial charge in [-0.1, -0.05) is 18.2 Å². The lowest BCUT2D eigenvalue weighted by atomic mass is 10.0. The molecular formula is C19H20N2O4S. The van der Waals surface area contributed by atoms with Crippen molar-refractivity contribution in [2.45, 2.75) is 18.9 Å². The molecule has 26 heavy (non-hydrogen) atoms. The van der Waals surface area contributed by atoms with E-state index in [0.29, 0.717) is 41.2 Å². The van der Waals surface area contributed by atoms with E-state index in [0.717, 1.165) is 11.3 Å². The topological polar surface area (TPSA) is 75.7 Å². The van der Waals surface area contributed by atoms with Crippen LogP contribution in [0.4, 0.5) is 0 Å². The fraction of sp³-hybridized carbons (Fsp3) is 0.316. The second-order valence-electron chi connectivity index (χ2n) is 6.06. The van der Waals surface area contributed by atoms with Crippen LogP contribution < -0.4 is 5.32 Å². The van der Waals surface area contributed by atoms with Crippen LogP contribution in [0.15, 0.2) is 42.5 Å². The van der Waals surface area contributed by atoms with Crippen molar-refractivity contribution in [3.05, 3.63) is 57.8 Å². The minimum atomic E-state index is -0.434. The summed E-state index contributed by atoms with van der Waals surface area (Å²) in [6.45, 7) is 1.15. The van der Waals surface area contributed by atoms with Gasteiger partial charge in [0.1, 0.15) is 4.88 Å². The molecule has 1 aromatic carbocycles. The van der Waals surface area contributed by atoms with Gasteiger partial charge in [-0.3, -0.25) is 9.59 Å². The Kier molecular flexibility index (Phi) is 5.68. The second-order valence-corrected chi connectivity index (χ2v) is 7.15. The molecule has 7 heteroatoms. The van der Waals surface area contributed by atoms with E-state index in [4.69, 9.17) is 0 Å². The SMILES string of the molecule is COC(=O)c1ccc(C(=O)N2CCC(NC(=O)c3ccccc3)CC2)s1. The summed E-state index contributed by atoms with van der Waals surface area (Å²) >= 11 is 1.14. The van der Waals surface area contributed by atoms with Gasteiger partial charge in [-0.15, -0.1) is 11.3 Å². The predicted octanol–water partition coefficient (Wildman–Crippen LogP) is 2.57. The highest BCUT2D eigenvalue weighted by molar-refractivity contribution is 7.15. The summed E-state index contributed by atoms with van der Waals surface area (Å²) < 4.78 is 4.67. The molecule has 1 aliphatic rings. The smallest absolute Gasteiger partial charge is 0.348 e. The van der Waals surface area contributed by atoms with Crippen molar-refractivity contribution in [2.24, 2.45) is 0 Å². The van der Waals surface area contributed by atoms with Gasteiger partial charge in [0.25, 0.3) is 11.8 Å². The molecular weight excluding hydrogens is 352 g/mol. The summed E-state index contributed by atoms with van der Waals surface area (Å²) in [5, 5.41) is 3.03. The van der Waals surface area contributed by atoms with E-state index in [1.807, 2.05) is 18.2 Å². The van der Waals surface area contributed by atoms with E-state index < -0.39 is 5.97 Å². The zero-order chi connectivity index (χ0) is 18.5. The number of piperidine rings is 1. The van der Waals surface area contributed by atoms with Crippen molar-refractivity contribution in [3.8, 4) is 0 Å². The molecule has 0 aliphatic carbocycles. The van der Waals surface area contributed by atoms with E-state index in [-0.39, 0.29) is 17.9 Å². The van der Waals surface area contributed by atoms with Crippen LogP contribution in [0.25, 0.3) is 0 Å². The maximum absolute atomic E-state index is 12.6. The highest BCUT2D eigenvalue weighted by Crippen LogP contribution is 2.21. The molecule has 2 amide bonds. The van der Waals surface area contributed by atoms with Crippen LogP contribution in [-0.4, -0.2) is 48.9 Å². The molecule has 1 fully saturated rings. The summed E-state index contributed by atoms with van der Waals surface area (Å²) in [6.07, 6.45) is 1.42. The van der Waals surface area contributed by atoms with Gasteiger partial charge in [0.05, 0.1) is 12.0 Å². The first-order valence-corrected chi connectivity index (χ1v) is 9.23. The van der Waals surface area contributed by atoms with Crippen LogP contribution in [0.1, 0.15) is 42.5 Å². The van der Waals surface area contributed by atoms with Crippen LogP contribution in [-0.2, 0) is 4.74 Å². The number of carbonyl (C=O) groups is 3. The largest absolute Gasteiger partial charge is 0.465 e. The van der Waals surface area contributed by atoms with Gasteiger partial charge in [0, 0.05) is 24.7 Å². The van der Waals surface area contributed by atoms with Crippen molar-refractivity contribution in [3.63, 3.8) is 0 Å². The van der Waals surface area contributed by atoms with Crippen LogP contribution >= 0.6 is 11.3 Å². The Balaban J connectivity index is 1.53. The molecule has 0 atom stereocenters. The number of ether oxygens (including phenoxy) is 1. The summed E-state index contributed by atoms with van der Waals surface area (Å²) in [4.78, 5) is 39.0. The van der Waals surface area contributed by atoms with Crippen LogP contribution in [0.3, 0.4) is 0 Å². The quantitative estimate of drug-likeness (QED) is 0.837. The third-order valence-electron chi connectivity index (χ3n) is 4.36. The van der Waals surface area contributed by atoms with E-state index in [9.17, 15) is 14.4 Å². The number of carbonyl (C=O) groups excluding carboxylic acids is 3. The van der Waals surface area contributed by atoms with Gasteiger partial charge in [-0.2, -0.15) is 0 Å². The summed E-state index contributed by atoms with van der Waals surface area (Å²) in [6, 6.07) is 12.4. The third kappa shape index (κ3) is 4.11. The fourth-order valence-corrected chi connectivity index (χ4v) is 3.80. The Morgan fingerprint density at radius 3 is 2.35 bits per heavy atom. The van der Waals surface area contributed by atoms with E-state index >= 15 is 0 Å². The average molecular weight is 372 g/mol. The van der Waals surface area contributed by atoms with Gasteiger partial charge in [0.2, 0.25) is 0 Å². The first kappa shape index (κ1) is 18.1. The third-order valence-corrected chi connectivity index (χ3v) is 5.41. The molecule has 2 heterocycles. The van der Waals surface area contributed by atoms with Crippen molar-refractivity contribution in [1.29, 1.82) is 0 Å². The second kappa shape index (κ2) is 8.14. The number of nitrogens with one attached hydrogen (secondary N) is 1. The number of likely N-dealkylation sites (tertiary alicyclic amines) is 1.